The van der Waals surface area contributed by atoms with Gasteiger partial charge in [0.2, 0.25) is 0 Å². The Bertz CT molecular complexity index is 500. The van der Waals surface area contributed by atoms with E-state index in [9.17, 15) is 9.59 Å². The first-order valence-corrected chi connectivity index (χ1v) is 6.73. The molecule has 0 N–H and O–H groups in total. The summed E-state index contributed by atoms with van der Waals surface area (Å²) in [6, 6.07) is 7.74. The van der Waals surface area contributed by atoms with Gasteiger partial charge in [-0.15, -0.1) is 0 Å². The highest BCUT2D eigenvalue weighted by Crippen LogP contribution is 2.28. The molecule has 108 valence electrons. The number of nitrogens with zero attached hydrogens (tertiary/aromatic N) is 1. The highest BCUT2D eigenvalue weighted by molar-refractivity contribution is 5.86. The minimum atomic E-state index is -0.626. The van der Waals surface area contributed by atoms with Crippen molar-refractivity contribution in [2.24, 2.45) is 0 Å². The van der Waals surface area contributed by atoms with Crippen LogP contribution in [-0.2, 0) is 25.5 Å². The molecule has 1 unspecified atom stereocenters. The monoisotopic (exact) mass is 277 g/mol. The second kappa shape index (κ2) is 6.52. The molecule has 0 saturated heterocycles. The quantitative estimate of drug-likeness (QED) is 0.779. The number of rotatable bonds is 4. The van der Waals surface area contributed by atoms with Gasteiger partial charge < -0.3 is 14.4 Å². The summed E-state index contributed by atoms with van der Waals surface area (Å²) in [6.45, 7) is 2.50. The molecule has 20 heavy (non-hydrogen) atoms. The van der Waals surface area contributed by atoms with Gasteiger partial charge in [-0.05, 0) is 24.5 Å². The summed E-state index contributed by atoms with van der Waals surface area (Å²) in [5, 5.41) is 0. The van der Waals surface area contributed by atoms with Gasteiger partial charge in [0.1, 0.15) is 6.54 Å². The van der Waals surface area contributed by atoms with Crippen LogP contribution in [0.15, 0.2) is 24.3 Å². The fourth-order valence-corrected chi connectivity index (χ4v) is 2.28. The second-order valence-corrected chi connectivity index (χ2v) is 4.70. The van der Waals surface area contributed by atoms with Crippen molar-refractivity contribution in [2.45, 2.75) is 19.4 Å². The molecule has 5 heteroatoms. The highest BCUT2D eigenvalue weighted by Gasteiger charge is 2.30. The maximum atomic E-state index is 12.4. The first-order chi connectivity index (χ1) is 9.63. The van der Waals surface area contributed by atoms with E-state index in [1.165, 1.54) is 4.90 Å². The molecular weight excluding hydrogens is 258 g/mol. The molecule has 1 aromatic rings. The van der Waals surface area contributed by atoms with Crippen LogP contribution < -0.4 is 0 Å². The van der Waals surface area contributed by atoms with Gasteiger partial charge in [0.15, 0.2) is 6.10 Å². The number of hydrogen-bond acceptors (Lipinski definition) is 4. The molecule has 0 aromatic heterocycles. The van der Waals surface area contributed by atoms with Crippen molar-refractivity contribution >= 4 is 11.9 Å². The Labute approximate surface area is 118 Å². The van der Waals surface area contributed by atoms with E-state index < -0.39 is 12.1 Å². The van der Waals surface area contributed by atoms with Crippen molar-refractivity contribution in [3.8, 4) is 0 Å². The summed E-state index contributed by atoms with van der Waals surface area (Å²) >= 11 is 0. The van der Waals surface area contributed by atoms with Crippen molar-refractivity contribution in [3.05, 3.63) is 35.4 Å². The molecule has 2 rings (SSSR count). The van der Waals surface area contributed by atoms with Crippen molar-refractivity contribution in [2.75, 3.05) is 26.8 Å². The van der Waals surface area contributed by atoms with Gasteiger partial charge in [0.05, 0.1) is 13.2 Å². The lowest BCUT2D eigenvalue weighted by Gasteiger charge is -2.28. The van der Waals surface area contributed by atoms with Gasteiger partial charge in [0.25, 0.3) is 5.91 Å². The average Bonchev–Trinajstić information content (AvgIpc) is 2.46. The minimum absolute atomic E-state index is 0.0608. The zero-order chi connectivity index (χ0) is 14.5. The number of hydrogen-bond donors (Lipinski definition) is 0. The number of carbonyl (C=O) groups excluding carboxylic acids is 2. The fraction of sp³-hybridized carbons (Fsp3) is 0.467. The van der Waals surface area contributed by atoms with E-state index in [-0.39, 0.29) is 12.5 Å². The van der Waals surface area contributed by atoms with Crippen LogP contribution in [0.5, 0.6) is 0 Å². The van der Waals surface area contributed by atoms with Crippen LogP contribution >= 0.6 is 0 Å². The summed E-state index contributed by atoms with van der Waals surface area (Å²) in [4.78, 5) is 25.2. The first kappa shape index (κ1) is 14.5. The van der Waals surface area contributed by atoms with Crippen molar-refractivity contribution < 1.29 is 19.1 Å². The van der Waals surface area contributed by atoms with Gasteiger partial charge in [0, 0.05) is 7.05 Å². The zero-order valence-electron chi connectivity index (χ0n) is 11.8. The van der Waals surface area contributed by atoms with Gasteiger partial charge in [-0.25, -0.2) is 0 Å². The number of fused-ring (bicyclic) bond motifs is 1. The standard InChI is InChI=1S/C15H19NO4/c1-3-19-13(17)10-16(2)15(18)14-12-7-5-4-6-11(12)8-9-20-14/h4-7,14H,3,8-10H2,1-2H3. The number of esters is 1. The van der Waals surface area contributed by atoms with Gasteiger partial charge >= 0.3 is 5.97 Å². The fourth-order valence-electron chi connectivity index (χ4n) is 2.28. The number of likely N-dealkylation sites (N-methyl/N-ethyl adjacent to an activating group) is 1. The molecule has 0 bridgehead atoms. The van der Waals surface area contributed by atoms with Crippen LogP contribution in [0.3, 0.4) is 0 Å². The largest absolute Gasteiger partial charge is 0.465 e. The summed E-state index contributed by atoms with van der Waals surface area (Å²) in [5.41, 5.74) is 2.01. The van der Waals surface area contributed by atoms with Crippen LogP contribution in [0.25, 0.3) is 0 Å². The summed E-state index contributed by atoms with van der Waals surface area (Å²) in [5.74, 6) is -0.627. The normalized spacial score (nSPS) is 17.2. The van der Waals surface area contributed by atoms with Crippen molar-refractivity contribution in [3.63, 3.8) is 0 Å². The molecule has 1 amide bonds. The number of amides is 1. The second-order valence-electron chi connectivity index (χ2n) is 4.70. The Balaban J connectivity index is 2.08. The highest BCUT2D eigenvalue weighted by atomic mass is 16.5. The van der Waals surface area contributed by atoms with E-state index in [1.807, 2.05) is 24.3 Å². The van der Waals surface area contributed by atoms with Crippen LogP contribution in [0.4, 0.5) is 0 Å². The van der Waals surface area contributed by atoms with Crippen LogP contribution in [-0.4, -0.2) is 43.6 Å². The van der Waals surface area contributed by atoms with E-state index >= 15 is 0 Å². The summed E-state index contributed by atoms with van der Waals surface area (Å²) in [6.07, 6.45) is 0.182. The maximum Gasteiger partial charge on any atom is 0.325 e. The summed E-state index contributed by atoms with van der Waals surface area (Å²) < 4.78 is 10.4. The lowest BCUT2D eigenvalue weighted by molar-refractivity contribution is -0.153. The van der Waals surface area contributed by atoms with Crippen molar-refractivity contribution in [1.82, 2.24) is 4.90 Å². The molecule has 1 aliphatic rings. The average molecular weight is 277 g/mol. The topological polar surface area (TPSA) is 55.8 Å². The van der Waals surface area contributed by atoms with Crippen molar-refractivity contribution in [1.29, 1.82) is 0 Å². The van der Waals surface area contributed by atoms with Crippen LogP contribution in [0.1, 0.15) is 24.2 Å². The third-order valence-corrected chi connectivity index (χ3v) is 3.27. The van der Waals surface area contributed by atoms with E-state index in [0.29, 0.717) is 13.2 Å². The Hall–Kier alpha value is -1.88. The Morgan fingerprint density at radius 3 is 2.90 bits per heavy atom. The van der Waals surface area contributed by atoms with Gasteiger partial charge in [-0.2, -0.15) is 0 Å². The molecule has 0 spiro atoms. The lowest BCUT2D eigenvalue weighted by atomic mass is 9.97. The molecule has 1 heterocycles. The molecule has 1 aliphatic heterocycles. The molecular formula is C15H19NO4. The number of carbonyl (C=O) groups is 2. The molecule has 5 nitrogen and oxygen atoms in total. The van der Waals surface area contributed by atoms with Crippen LogP contribution in [0.2, 0.25) is 0 Å². The third kappa shape index (κ3) is 3.17. The maximum absolute atomic E-state index is 12.4. The smallest absolute Gasteiger partial charge is 0.325 e. The Morgan fingerprint density at radius 1 is 1.40 bits per heavy atom. The van der Waals surface area contributed by atoms with E-state index in [1.54, 1.807) is 14.0 Å². The SMILES string of the molecule is CCOC(=O)CN(C)C(=O)C1OCCc2ccccc21. The molecule has 0 fully saturated rings. The molecule has 0 saturated carbocycles. The molecule has 1 aromatic carbocycles. The van der Waals surface area contributed by atoms with Gasteiger partial charge in [-0.1, -0.05) is 24.3 Å². The third-order valence-electron chi connectivity index (χ3n) is 3.27. The Morgan fingerprint density at radius 2 is 2.15 bits per heavy atom. The number of benzene rings is 1. The first-order valence-electron chi connectivity index (χ1n) is 6.73. The minimum Gasteiger partial charge on any atom is -0.465 e. The zero-order valence-corrected chi connectivity index (χ0v) is 11.8. The lowest BCUT2D eigenvalue weighted by Crippen LogP contribution is -2.38. The predicted molar refractivity (Wildman–Crippen MR) is 73.1 cm³/mol. The Kier molecular flexibility index (Phi) is 4.74. The van der Waals surface area contributed by atoms with Gasteiger partial charge in [-0.3, -0.25) is 9.59 Å². The molecule has 0 aliphatic carbocycles. The predicted octanol–water partition coefficient (Wildman–Crippen LogP) is 1.32. The van der Waals surface area contributed by atoms with E-state index in [4.69, 9.17) is 9.47 Å². The summed E-state index contributed by atoms with van der Waals surface area (Å²) in [7, 11) is 1.58. The number of ether oxygens (including phenoxy) is 2. The molecule has 0 radical (unpaired) electrons. The molecule has 1 atom stereocenters. The van der Waals surface area contributed by atoms with Crippen LogP contribution in [0, 0.1) is 0 Å². The van der Waals surface area contributed by atoms with E-state index in [2.05, 4.69) is 0 Å². The van der Waals surface area contributed by atoms with E-state index in [0.717, 1.165) is 17.5 Å².